The van der Waals surface area contributed by atoms with E-state index >= 15 is 0 Å². The van der Waals surface area contributed by atoms with Gasteiger partial charge >= 0.3 is 5.51 Å². The largest absolute Gasteiger partial charge is 0.495 e. The molecule has 1 aliphatic rings. The number of halogens is 3. The second-order valence-corrected chi connectivity index (χ2v) is 9.88. The van der Waals surface area contributed by atoms with E-state index in [1.54, 1.807) is 30.3 Å². The van der Waals surface area contributed by atoms with Crippen LogP contribution in [0.15, 0.2) is 41.3 Å². The Kier molecular flexibility index (Phi) is 8.58. The molecule has 0 bridgehead atoms. The second-order valence-electron chi connectivity index (χ2n) is 8.81. The molecule has 1 aliphatic heterocycles. The van der Waals surface area contributed by atoms with Gasteiger partial charge < -0.3 is 25.6 Å². The van der Waals surface area contributed by atoms with Crippen molar-refractivity contribution in [1.82, 2.24) is 19.8 Å². The monoisotopic (exact) mass is 546 g/mol. The molecule has 2 aromatic heterocycles. The highest BCUT2D eigenvalue weighted by molar-refractivity contribution is 8.00. The summed E-state index contributed by atoms with van der Waals surface area (Å²) in [6.45, 7) is 2.02. The van der Waals surface area contributed by atoms with E-state index in [9.17, 15) is 18.0 Å². The first kappa shape index (κ1) is 27.5. The number of hydrogen-bond acceptors (Lipinski definition) is 7. The minimum Gasteiger partial charge on any atom is -0.495 e. The maximum Gasteiger partial charge on any atom is 0.446 e. The van der Waals surface area contributed by atoms with Gasteiger partial charge in [-0.15, -0.1) is 0 Å². The molecule has 38 heavy (non-hydrogen) atoms. The Morgan fingerprint density at radius 2 is 2.00 bits per heavy atom. The highest BCUT2D eigenvalue weighted by Crippen LogP contribution is 2.41. The molecule has 3 heterocycles. The van der Waals surface area contributed by atoms with Gasteiger partial charge in [-0.2, -0.15) is 18.3 Å². The first-order chi connectivity index (χ1) is 18.2. The molecule has 12 heteroatoms. The zero-order valence-corrected chi connectivity index (χ0v) is 22.1. The Balaban J connectivity index is 1.58. The number of likely N-dealkylation sites (tertiary alicyclic amines) is 1. The van der Waals surface area contributed by atoms with Gasteiger partial charge in [0.25, 0.3) is 5.91 Å². The zero-order chi connectivity index (χ0) is 27.3. The van der Waals surface area contributed by atoms with Crippen LogP contribution >= 0.6 is 11.8 Å². The van der Waals surface area contributed by atoms with Crippen molar-refractivity contribution in [3.63, 3.8) is 0 Å². The predicted octanol–water partition coefficient (Wildman–Crippen LogP) is 4.28. The third-order valence-electron chi connectivity index (χ3n) is 6.17. The van der Waals surface area contributed by atoms with Gasteiger partial charge in [-0.1, -0.05) is 12.0 Å². The number of benzene rings is 1. The third-order valence-corrected chi connectivity index (χ3v) is 7.00. The van der Waals surface area contributed by atoms with Crippen molar-refractivity contribution in [2.24, 2.45) is 0 Å². The van der Waals surface area contributed by atoms with Crippen LogP contribution in [0, 0.1) is 11.8 Å². The minimum absolute atomic E-state index is 0.0375. The molecule has 4 rings (SSSR count). The molecule has 0 atom stereocenters. The van der Waals surface area contributed by atoms with E-state index in [1.807, 2.05) is 6.07 Å². The standard InChI is InChI=1S/C26H29F3N6O2S/c1-30-25(36)17-9-10-19(22(16-17)37-3)31-13-5-6-20-24(38-26(27,28)29)21-7-4-8-23(35(21)33-20)32-18-11-14-34(2)15-12-18/h4,7-10,16,18,31-32H,11-15H2,1-3H3,(H,30,36). The number of amides is 1. The maximum absolute atomic E-state index is 13.4. The normalized spacial score (nSPS) is 14.6. The molecular weight excluding hydrogens is 517 g/mol. The van der Waals surface area contributed by atoms with E-state index in [2.05, 4.69) is 44.8 Å². The minimum atomic E-state index is -4.49. The lowest BCUT2D eigenvalue weighted by molar-refractivity contribution is -0.0327. The summed E-state index contributed by atoms with van der Waals surface area (Å²) in [4.78, 5) is 14.1. The summed E-state index contributed by atoms with van der Waals surface area (Å²) >= 11 is -0.213. The Labute approximate surface area is 223 Å². The first-order valence-electron chi connectivity index (χ1n) is 12.0. The molecule has 0 radical (unpaired) electrons. The van der Waals surface area contributed by atoms with Gasteiger partial charge in [0.2, 0.25) is 0 Å². The van der Waals surface area contributed by atoms with E-state index in [-0.39, 0.29) is 40.8 Å². The fourth-order valence-corrected chi connectivity index (χ4v) is 4.89. The topological polar surface area (TPSA) is 82.9 Å². The number of carbonyl (C=O) groups excluding carboxylic acids is 1. The van der Waals surface area contributed by atoms with Crippen molar-refractivity contribution >= 4 is 34.7 Å². The molecule has 0 aliphatic carbocycles. The number of alkyl halides is 3. The number of hydrogen-bond donors (Lipinski definition) is 3. The van der Waals surface area contributed by atoms with Crippen LogP contribution in [0.4, 0.5) is 24.7 Å². The summed E-state index contributed by atoms with van der Waals surface area (Å²) in [5.74, 6) is 6.49. The third kappa shape index (κ3) is 6.65. The second kappa shape index (κ2) is 11.9. The van der Waals surface area contributed by atoms with E-state index in [4.69, 9.17) is 4.74 Å². The van der Waals surface area contributed by atoms with Crippen molar-refractivity contribution in [3.8, 4) is 17.6 Å². The number of methoxy groups -OCH3 is 1. The molecule has 1 aromatic carbocycles. The summed E-state index contributed by atoms with van der Waals surface area (Å²) in [5, 5.41) is 13.5. The highest BCUT2D eigenvalue weighted by atomic mass is 32.2. The lowest BCUT2D eigenvalue weighted by Crippen LogP contribution is -2.37. The predicted molar refractivity (Wildman–Crippen MR) is 143 cm³/mol. The number of rotatable bonds is 7. The Bertz CT molecular complexity index is 1360. The average Bonchev–Trinajstić information content (AvgIpc) is 3.24. The number of aromatic nitrogens is 2. The smallest absolute Gasteiger partial charge is 0.446 e. The molecular formula is C26H29F3N6O2S. The van der Waals surface area contributed by atoms with Gasteiger partial charge in [-0.05, 0) is 81.0 Å². The fraction of sp³-hybridized carbons (Fsp3) is 0.385. The Morgan fingerprint density at radius 1 is 1.24 bits per heavy atom. The lowest BCUT2D eigenvalue weighted by Gasteiger charge is -2.30. The first-order valence-corrected chi connectivity index (χ1v) is 12.9. The van der Waals surface area contributed by atoms with Crippen LogP contribution in [0.5, 0.6) is 5.75 Å². The molecule has 0 spiro atoms. The van der Waals surface area contributed by atoms with Crippen LogP contribution < -0.4 is 20.7 Å². The number of nitrogens with zero attached hydrogens (tertiary/aromatic N) is 3. The van der Waals surface area contributed by atoms with Crippen LogP contribution in [-0.2, 0) is 0 Å². The molecule has 0 saturated carbocycles. The van der Waals surface area contributed by atoms with Gasteiger partial charge in [0.1, 0.15) is 17.3 Å². The number of carbonyl (C=O) groups is 1. The molecule has 1 fully saturated rings. The van der Waals surface area contributed by atoms with Gasteiger partial charge in [-0.25, -0.2) is 4.52 Å². The number of ether oxygens (including phenoxy) is 1. The summed E-state index contributed by atoms with van der Waals surface area (Å²) in [6, 6.07) is 10.3. The SMILES string of the molecule is CNC(=O)c1ccc(NCC#Cc2nn3c(NC4CCN(C)CC4)cccc3c2SC(F)(F)F)c(OC)c1. The molecule has 0 unspecified atom stereocenters. The van der Waals surface area contributed by atoms with Crippen LogP contribution in [-0.4, -0.2) is 72.8 Å². The molecule has 1 amide bonds. The van der Waals surface area contributed by atoms with Crippen molar-refractivity contribution < 1.29 is 22.7 Å². The van der Waals surface area contributed by atoms with E-state index < -0.39 is 5.51 Å². The van der Waals surface area contributed by atoms with Gasteiger partial charge in [0, 0.05) is 18.7 Å². The van der Waals surface area contributed by atoms with Crippen molar-refractivity contribution in [1.29, 1.82) is 0 Å². The summed E-state index contributed by atoms with van der Waals surface area (Å²) < 4.78 is 47.2. The van der Waals surface area contributed by atoms with Crippen molar-refractivity contribution in [2.45, 2.75) is 29.3 Å². The van der Waals surface area contributed by atoms with E-state index in [0.717, 1.165) is 25.9 Å². The van der Waals surface area contributed by atoms with Gasteiger partial charge in [0.05, 0.1) is 29.8 Å². The number of piperidine rings is 1. The molecule has 8 nitrogen and oxygen atoms in total. The number of fused-ring (bicyclic) bond motifs is 1. The van der Waals surface area contributed by atoms with Crippen molar-refractivity contribution in [2.75, 3.05) is 51.5 Å². The number of nitrogens with one attached hydrogen (secondary N) is 3. The van der Waals surface area contributed by atoms with Gasteiger partial charge in [-0.3, -0.25) is 4.79 Å². The van der Waals surface area contributed by atoms with Crippen LogP contribution in [0.1, 0.15) is 28.9 Å². The summed E-state index contributed by atoms with van der Waals surface area (Å²) in [5.41, 5.74) is -3.07. The molecule has 3 aromatic rings. The maximum atomic E-state index is 13.4. The Hall–Kier alpha value is -3.56. The number of thioether (sulfide) groups is 1. The summed E-state index contributed by atoms with van der Waals surface area (Å²) in [7, 11) is 5.09. The van der Waals surface area contributed by atoms with Crippen LogP contribution in [0.3, 0.4) is 0 Å². The number of pyridine rings is 1. The van der Waals surface area contributed by atoms with Crippen LogP contribution in [0.2, 0.25) is 0 Å². The van der Waals surface area contributed by atoms with E-state index in [1.165, 1.54) is 18.7 Å². The quantitative estimate of drug-likeness (QED) is 0.301. The Morgan fingerprint density at radius 3 is 2.68 bits per heavy atom. The van der Waals surface area contributed by atoms with Gasteiger partial charge in [0.15, 0.2) is 0 Å². The average molecular weight is 547 g/mol. The molecule has 202 valence electrons. The van der Waals surface area contributed by atoms with Crippen molar-refractivity contribution in [3.05, 3.63) is 47.7 Å². The highest BCUT2D eigenvalue weighted by Gasteiger charge is 2.33. The van der Waals surface area contributed by atoms with E-state index in [0.29, 0.717) is 28.3 Å². The molecule has 1 saturated heterocycles. The zero-order valence-electron chi connectivity index (χ0n) is 21.3. The van der Waals surface area contributed by atoms with Crippen LogP contribution in [0.25, 0.3) is 5.52 Å². The fourth-order valence-electron chi connectivity index (χ4n) is 4.21. The lowest BCUT2D eigenvalue weighted by atomic mass is 10.1. The molecule has 3 N–H and O–H groups in total. The number of anilines is 2. The summed E-state index contributed by atoms with van der Waals surface area (Å²) in [6.07, 6.45) is 1.87.